The molecular weight excluding hydrogens is 256 g/mol. The summed E-state index contributed by atoms with van der Waals surface area (Å²) in [5, 5.41) is 2.51. The van der Waals surface area contributed by atoms with Crippen LogP contribution in [-0.4, -0.2) is 4.98 Å². The third-order valence-electron chi connectivity index (χ3n) is 2.99. The molecule has 2 aromatic rings. The van der Waals surface area contributed by atoms with Gasteiger partial charge >= 0.3 is 0 Å². The Hall–Kier alpha value is -1.55. The van der Waals surface area contributed by atoms with Crippen molar-refractivity contribution in [1.29, 1.82) is 0 Å². The molecule has 102 valence electrons. The van der Waals surface area contributed by atoms with Crippen LogP contribution in [0.2, 0.25) is 0 Å². The molecule has 19 heavy (non-hydrogen) atoms. The third kappa shape index (κ3) is 3.47. The fourth-order valence-electron chi connectivity index (χ4n) is 1.79. The van der Waals surface area contributed by atoms with Crippen LogP contribution in [0.15, 0.2) is 29.6 Å². The van der Waals surface area contributed by atoms with Crippen LogP contribution < -0.4 is 10.5 Å². The van der Waals surface area contributed by atoms with Crippen LogP contribution in [0.4, 0.5) is 5.13 Å². The van der Waals surface area contributed by atoms with Gasteiger partial charge in [-0.15, -0.1) is 11.3 Å². The molecule has 1 unspecified atom stereocenters. The molecule has 0 spiro atoms. The van der Waals surface area contributed by atoms with Gasteiger partial charge in [-0.2, -0.15) is 0 Å². The summed E-state index contributed by atoms with van der Waals surface area (Å²) >= 11 is 1.44. The van der Waals surface area contributed by atoms with E-state index >= 15 is 0 Å². The number of anilines is 1. The first-order valence-corrected chi connectivity index (χ1v) is 7.22. The Bertz CT molecular complexity index is 540. The predicted octanol–water partition coefficient (Wildman–Crippen LogP) is 4.16. The van der Waals surface area contributed by atoms with Gasteiger partial charge in [0.05, 0.1) is 5.69 Å². The van der Waals surface area contributed by atoms with E-state index < -0.39 is 0 Å². The largest absolute Gasteiger partial charge is 0.484 e. The van der Waals surface area contributed by atoms with Crippen molar-refractivity contribution in [3.8, 4) is 5.75 Å². The van der Waals surface area contributed by atoms with E-state index in [-0.39, 0.29) is 11.5 Å². The molecule has 0 fully saturated rings. The molecule has 2 N–H and O–H groups in total. The Balaban J connectivity index is 2.07. The van der Waals surface area contributed by atoms with Crippen LogP contribution in [-0.2, 0) is 5.41 Å². The Morgan fingerprint density at radius 2 is 1.84 bits per heavy atom. The molecule has 0 aliphatic rings. The molecule has 3 nitrogen and oxygen atoms in total. The minimum absolute atomic E-state index is 0.0889. The van der Waals surface area contributed by atoms with Gasteiger partial charge in [-0.25, -0.2) is 4.98 Å². The van der Waals surface area contributed by atoms with E-state index in [0.717, 1.165) is 11.4 Å². The summed E-state index contributed by atoms with van der Waals surface area (Å²) < 4.78 is 5.87. The van der Waals surface area contributed by atoms with Crippen molar-refractivity contribution in [2.24, 2.45) is 0 Å². The molecule has 2 rings (SSSR count). The SMILES string of the molecule is CC(Oc1ccc(C(C)(C)C)cc1)c1csc(N)n1. The number of ether oxygens (including phenoxy) is 1. The van der Waals surface area contributed by atoms with Gasteiger partial charge < -0.3 is 10.5 Å². The Labute approximate surface area is 118 Å². The minimum Gasteiger partial charge on any atom is -0.484 e. The highest BCUT2D eigenvalue weighted by Crippen LogP contribution is 2.27. The number of aromatic nitrogens is 1. The summed E-state index contributed by atoms with van der Waals surface area (Å²) in [5.41, 5.74) is 7.96. The van der Waals surface area contributed by atoms with Crippen molar-refractivity contribution in [2.45, 2.75) is 39.2 Å². The van der Waals surface area contributed by atoms with Crippen LogP contribution >= 0.6 is 11.3 Å². The van der Waals surface area contributed by atoms with Crippen molar-refractivity contribution >= 4 is 16.5 Å². The number of hydrogen-bond acceptors (Lipinski definition) is 4. The van der Waals surface area contributed by atoms with E-state index in [2.05, 4.69) is 37.9 Å². The lowest BCUT2D eigenvalue weighted by molar-refractivity contribution is 0.222. The van der Waals surface area contributed by atoms with Gasteiger partial charge in [0.2, 0.25) is 0 Å². The summed E-state index contributed by atoms with van der Waals surface area (Å²) in [6.07, 6.45) is -0.0889. The highest BCUT2D eigenvalue weighted by molar-refractivity contribution is 7.13. The Kier molecular flexibility index (Phi) is 3.80. The van der Waals surface area contributed by atoms with Crippen molar-refractivity contribution in [1.82, 2.24) is 4.98 Å². The first-order chi connectivity index (χ1) is 8.86. The lowest BCUT2D eigenvalue weighted by Crippen LogP contribution is -2.10. The van der Waals surface area contributed by atoms with Gasteiger partial charge in [-0.05, 0) is 30.0 Å². The number of thiazole rings is 1. The topological polar surface area (TPSA) is 48.1 Å². The number of nitrogens with zero attached hydrogens (tertiary/aromatic N) is 1. The lowest BCUT2D eigenvalue weighted by Gasteiger charge is -2.20. The van der Waals surface area contributed by atoms with Gasteiger partial charge in [0.25, 0.3) is 0 Å². The van der Waals surface area contributed by atoms with E-state index in [1.54, 1.807) is 0 Å². The van der Waals surface area contributed by atoms with Gasteiger partial charge in [-0.3, -0.25) is 0 Å². The van der Waals surface area contributed by atoms with Crippen LogP contribution in [0.25, 0.3) is 0 Å². The number of benzene rings is 1. The van der Waals surface area contributed by atoms with Gasteiger partial charge in [0.15, 0.2) is 5.13 Å². The fourth-order valence-corrected chi connectivity index (χ4v) is 2.43. The minimum atomic E-state index is -0.0889. The average molecular weight is 276 g/mol. The number of hydrogen-bond donors (Lipinski definition) is 1. The van der Waals surface area contributed by atoms with Gasteiger partial charge in [0.1, 0.15) is 11.9 Å². The monoisotopic (exact) mass is 276 g/mol. The standard InChI is InChI=1S/C15H20N2OS/c1-10(13-9-19-14(16)17-13)18-12-7-5-11(6-8-12)15(2,3)4/h5-10H,1-4H3,(H2,16,17). The lowest BCUT2D eigenvalue weighted by atomic mass is 9.87. The maximum atomic E-state index is 5.87. The number of nitrogen functional groups attached to an aromatic ring is 1. The van der Waals surface area contributed by atoms with E-state index in [1.165, 1.54) is 16.9 Å². The Morgan fingerprint density at radius 1 is 1.21 bits per heavy atom. The first-order valence-electron chi connectivity index (χ1n) is 6.34. The van der Waals surface area contributed by atoms with Gasteiger partial charge in [-0.1, -0.05) is 32.9 Å². The van der Waals surface area contributed by atoms with E-state index in [1.807, 2.05) is 24.4 Å². The second-order valence-electron chi connectivity index (χ2n) is 5.65. The average Bonchev–Trinajstić information content (AvgIpc) is 2.75. The summed E-state index contributed by atoms with van der Waals surface area (Å²) in [5.74, 6) is 0.854. The molecular formula is C15H20N2OS. The zero-order chi connectivity index (χ0) is 14.0. The van der Waals surface area contributed by atoms with E-state index in [9.17, 15) is 0 Å². The van der Waals surface area contributed by atoms with Crippen LogP contribution in [0.3, 0.4) is 0 Å². The van der Waals surface area contributed by atoms with Crippen molar-refractivity contribution in [3.05, 3.63) is 40.9 Å². The molecule has 0 aliphatic carbocycles. The van der Waals surface area contributed by atoms with Crippen molar-refractivity contribution < 1.29 is 4.74 Å². The molecule has 0 bridgehead atoms. The fraction of sp³-hybridized carbons (Fsp3) is 0.400. The smallest absolute Gasteiger partial charge is 0.180 e. The quantitative estimate of drug-likeness (QED) is 0.915. The predicted molar refractivity (Wildman–Crippen MR) is 80.7 cm³/mol. The molecule has 1 aromatic carbocycles. The summed E-state index contributed by atoms with van der Waals surface area (Å²) in [7, 11) is 0. The zero-order valence-corrected chi connectivity index (χ0v) is 12.6. The van der Waals surface area contributed by atoms with Gasteiger partial charge in [0, 0.05) is 5.38 Å². The molecule has 1 aromatic heterocycles. The maximum Gasteiger partial charge on any atom is 0.180 e. The number of rotatable bonds is 3. The Morgan fingerprint density at radius 3 is 2.32 bits per heavy atom. The van der Waals surface area contributed by atoms with E-state index in [4.69, 9.17) is 10.5 Å². The van der Waals surface area contributed by atoms with Crippen LogP contribution in [0.1, 0.15) is 45.1 Å². The molecule has 1 heterocycles. The molecule has 0 aliphatic heterocycles. The van der Waals surface area contributed by atoms with Crippen molar-refractivity contribution in [2.75, 3.05) is 5.73 Å². The highest BCUT2D eigenvalue weighted by atomic mass is 32.1. The normalized spacial score (nSPS) is 13.3. The third-order valence-corrected chi connectivity index (χ3v) is 3.68. The second kappa shape index (κ2) is 5.21. The summed E-state index contributed by atoms with van der Waals surface area (Å²) in [6, 6.07) is 8.23. The van der Waals surface area contributed by atoms with Crippen LogP contribution in [0, 0.1) is 0 Å². The molecule has 0 saturated heterocycles. The molecule has 0 saturated carbocycles. The first kappa shape index (κ1) is 13.9. The highest BCUT2D eigenvalue weighted by Gasteiger charge is 2.14. The number of nitrogens with two attached hydrogens (primary N) is 1. The van der Waals surface area contributed by atoms with Crippen LogP contribution in [0.5, 0.6) is 5.75 Å². The van der Waals surface area contributed by atoms with E-state index in [0.29, 0.717) is 5.13 Å². The molecule has 4 heteroatoms. The molecule has 0 amide bonds. The molecule has 1 atom stereocenters. The second-order valence-corrected chi connectivity index (χ2v) is 6.53. The molecule has 0 radical (unpaired) electrons. The van der Waals surface area contributed by atoms with Crippen molar-refractivity contribution in [3.63, 3.8) is 0 Å². The zero-order valence-electron chi connectivity index (χ0n) is 11.8. The summed E-state index contributed by atoms with van der Waals surface area (Å²) in [4.78, 5) is 4.23. The maximum absolute atomic E-state index is 5.87. The summed E-state index contributed by atoms with van der Waals surface area (Å²) in [6.45, 7) is 8.57.